The van der Waals surface area contributed by atoms with Gasteiger partial charge in [-0.3, -0.25) is 9.59 Å². The molecule has 0 N–H and O–H groups in total. The van der Waals surface area contributed by atoms with Crippen molar-refractivity contribution in [1.82, 2.24) is 4.90 Å². The summed E-state index contributed by atoms with van der Waals surface area (Å²) in [5.74, 6) is -0.251. The van der Waals surface area contributed by atoms with Crippen molar-refractivity contribution in [2.24, 2.45) is 0 Å². The van der Waals surface area contributed by atoms with Crippen molar-refractivity contribution in [2.75, 3.05) is 6.73 Å². The highest BCUT2D eigenvalue weighted by Crippen LogP contribution is 2.33. The standard InChI is InChI=1S/C13H15NO3/c1-2-13(16)17-9-14-11(8-12(14)15)10-6-4-3-5-7-10/h3-7,11H,2,8-9H2,1H3. The van der Waals surface area contributed by atoms with Crippen LogP contribution in [0.15, 0.2) is 30.3 Å². The Morgan fingerprint density at radius 3 is 2.71 bits per heavy atom. The fourth-order valence-electron chi connectivity index (χ4n) is 1.83. The molecule has 0 bridgehead atoms. The Balaban J connectivity index is 1.97. The summed E-state index contributed by atoms with van der Waals surface area (Å²) in [4.78, 5) is 24.1. The van der Waals surface area contributed by atoms with Gasteiger partial charge >= 0.3 is 5.97 Å². The summed E-state index contributed by atoms with van der Waals surface area (Å²) in [6.45, 7) is 1.79. The van der Waals surface area contributed by atoms with Gasteiger partial charge in [0.15, 0.2) is 6.73 Å². The second kappa shape index (κ2) is 4.99. The van der Waals surface area contributed by atoms with Crippen LogP contribution in [0.25, 0.3) is 0 Å². The number of benzene rings is 1. The van der Waals surface area contributed by atoms with E-state index in [1.807, 2.05) is 30.3 Å². The number of amides is 1. The minimum Gasteiger partial charge on any atom is -0.444 e. The Labute approximate surface area is 100 Å². The number of esters is 1. The van der Waals surface area contributed by atoms with Crippen LogP contribution >= 0.6 is 0 Å². The molecule has 0 aromatic heterocycles. The first-order valence-corrected chi connectivity index (χ1v) is 5.72. The molecule has 1 aliphatic heterocycles. The lowest BCUT2D eigenvalue weighted by Gasteiger charge is -2.39. The van der Waals surface area contributed by atoms with Crippen LogP contribution in [0.2, 0.25) is 0 Å². The van der Waals surface area contributed by atoms with Crippen molar-refractivity contribution in [3.63, 3.8) is 0 Å². The van der Waals surface area contributed by atoms with Gasteiger partial charge in [0, 0.05) is 6.42 Å². The van der Waals surface area contributed by atoms with Crippen molar-refractivity contribution in [3.05, 3.63) is 35.9 Å². The van der Waals surface area contributed by atoms with E-state index in [1.54, 1.807) is 11.8 Å². The molecule has 1 unspecified atom stereocenters. The van der Waals surface area contributed by atoms with Gasteiger partial charge < -0.3 is 9.64 Å². The zero-order valence-electron chi connectivity index (χ0n) is 9.76. The summed E-state index contributed by atoms with van der Waals surface area (Å²) in [5, 5.41) is 0. The number of nitrogens with zero attached hydrogens (tertiary/aromatic N) is 1. The molecule has 1 fully saturated rings. The second-order valence-corrected chi connectivity index (χ2v) is 3.99. The van der Waals surface area contributed by atoms with Gasteiger partial charge in [0.05, 0.1) is 12.5 Å². The first kappa shape index (κ1) is 11.6. The molecule has 90 valence electrons. The van der Waals surface area contributed by atoms with Gasteiger partial charge in [-0.2, -0.15) is 0 Å². The zero-order valence-corrected chi connectivity index (χ0v) is 9.76. The Hall–Kier alpha value is -1.84. The molecule has 1 saturated heterocycles. The largest absolute Gasteiger partial charge is 0.444 e. The maximum Gasteiger partial charge on any atom is 0.307 e. The maximum absolute atomic E-state index is 11.4. The second-order valence-electron chi connectivity index (χ2n) is 3.99. The van der Waals surface area contributed by atoms with Crippen molar-refractivity contribution in [1.29, 1.82) is 0 Å². The monoisotopic (exact) mass is 233 g/mol. The van der Waals surface area contributed by atoms with E-state index in [0.29, 0.717) is 12.8 Å². The predicted molar refractivity (Wildman–Crippen MR) is 61.9 cm³/mol. The first-order valence-electron chi connectivity index (χ1n) is 5.72. The highest BCUT2D eigenvalue weighted by Gasteiger charge is 2.37. The van der Waals surface area contributed by atoms with Gasteiger partial charge in [0.1, 0.15) is 0 Å². The lowest BCUT2D eigenvalue weighted by Crippen LogP contribution is -2.47. The van der Waals surface area contributed by atoms with Crippen LogP contribution in [0.4, 0.5) is 0 Å². The number of ether oxygens (including phenoxy) is 1. The van der Waals surface area contributed by atoms with E-state index in [9.17, 15) is 9.59 Å². The van der Waals surface area contributed by atoms with Gasteiger partial charge in [-0.05, 0) is 5.56 Å². The molecule has 17 heavy (non-hydrogen) atoms. The molecule has 1 aliphatic rings. The Morgan fingerprint density at radius 2 is 2.12 bits per heavy atom. The maximum atomic E-state index is 11.4. The minimum atomic E-state index is -0.281. The van der Waals surface area contributed by atoms with Crippen LogP contribution in [0.5, 0.6) is 0 Å². The number of hydrogen-bond donors (Lipinski definition) is 0. The van der Waals surface area contributed by atoms with Gasteiger partial charge in [-0.15, -0.1) is 0 Å². The van der Waals surface area contributed by atoms with Crippen LogP contribution in [-0.2, 0) is 14.3 Å². The zero-order chi connectivity index (χ0) is 12.3. The number of carbonyl (C=O) groups excluding carboxylic acids is 2. The molecule has 0 aliphatic carbocycles. The lowest BCUT2D eigenvalue weighted by atomic mass is 9.95. The fraction of sp³-hybridized carbons (Fsp3) is 0.385. The van der Waals surface area contributed by atoms with E-state index in [2.05, 4.69) is 0 Å². The summed E-state index contributed by atoms with van der Waals surface area (Å²) in [5.41, 5.74) is 1.08. The highest BCUT2D eigenvalue weighted by atomic mass is 16.5. The number of β-lactam (4-membered cyclic amide) rings is 1. The van der Waals surface area contributed by atoms with Crippen LogP contribution in [-0.4, -0.2) is 23.5 Å². The molecule has 1 aromatic rings. The SMILES string of the molecule is CCC(=O)OCN1C(=O)CC1c1ccccc1. The van der Waals surface area contributed by atoms with Crippen molar-refractivity contribution in [3.8, 4) is 0 Å². The van der Waals surface area contributed by atoms with E-state index in [4.69, 9.17) is 4.74 Å². The van der Waals surface area contributed by atoms with Gasteiger partial charge in [0.2, 0.25) is 5.91 Å². The summed E-state index contributed by atoms with van der Waals surface area (Å²) >= 11 is 0. The van der Waals surface area contributed by atoms with E-state index < -0.39 is 0 Å². The first-order chi connectivity index (χ1) is 8.22. The molecule has 0 radical (unpaired) electrons. The van der Waals surface area contributed by atoms with Gasteiger partial charge in [-0.1, -0.05) is 37.3 Å². The van der Waals surface area contributed by atoms with E-state index in [-0.39, 0.29) is 24.6 Å². The highest BCUT2D eigenvalue weighted by molar-refractivity contribution is 5.83. The third kappa shape index (κ3) is 2.46. The molecule has 0 saturated carbocycles. The Bertz CT molecular complexity index is 416. The van der Waals surface area contributed by atoms with Crippen LogP contribution in [0.1, 0.15) is 31.4 Å². The normalized spacial score (nSPS) is 18.8. The molecule has 0 spiro atoms. The molecule has 1 atom stereocenters. The molecule has 2 rings (SSSR count). The summed E-state index contributed by atoms with van der Waals surface area (Å²) in [6, 6.07) is 9.82. The van der Waals surface area contributed by atoms with Crippen LogP contribution < -0.4 is 0 Å². The topological polar surface area (TPSA) is 46.6 Å². The molecular weight excluding hydrogens is 218 g/mol. The average molecular weight is 233 g/mol. The molecule has 4 nitrogen and oxygen atoms in total. The number of hydrogen-bond acceptors (Lipinski definition) is 3. The smallest absolute Gasteiger partial charge is 0.307 e. The fourth-order valence-corrected chi connectivity index (χ4v) is 1.83. The van der Waals surface area contributed by atoms with Crippen molar-refractivity contribution >= 4 is 11.9 Å². The third-order valence-corrected chi connectivity index (χ3v) is 2.90. The molecular formula is C13H15NO3. The Morgan fingerprint density at radius 1 is 1.41 bits per heavy atom. The third-order valence-electron chi connectivity index (χ3n) is 2.90. The average Bonchev–Trinajstić information content (AvgIpc) is 2.36. The molecule has 1 aromatic carbocycles. The molecule has 4 heteroatoms. The quantitative estimate of drug-likeness (QED) is 0.589. The summed E-state index contributed by atoms with van der Waals surface area (Å²) < 4.78 is 4.98. The van der Waals surface area contributed by atoms with E-state index >= 15 is 0 Å². The Kier molecular flexibility index (Phi) is 3.42. The molecule has 1 heterocycles. The van der Waals surface area contributed by atoms with Crippen molar-refractivity contribution in [2.45, 2.75) is 25.8 Å². The summed E-state index contributed by atoms with van der Waals surface area (Å²) in [7, 11) is 0. The predicted octanol–water partition coefficient (Wildman–Crippen LogP) is 1.87. The number of carbonyl (C=O) groups is 2. The van der Waals surface area contributed by atoms with Gasteiger partial charge in [0.25, 0.3) is 0 Å². The van der Waals surface area contributed by atoms with E-state index in [0.717, 1.165) is 5.56 Å². The van der Waals surface area contributed by atoms with E-state index in [1.165, 1.54) is 0 Å². The van der Waals surface area contributed by atoms with Gasteiger partial charge in [-0.25, -0.2) is 0 Å². The minimum absolute atomic E-state index is 0.0303. The van der Waals surface area contributed by atoms with Crippen LogP contribution in [0.3, 0.4) is 0 Å². The summed E-state index contributed by atoms with van der Waals surface area (Å²) in [6.07, 6.45) is 0.825. The molecule has 1 amide bonds. The number of likely N-dealkylation sites (tertiary alicyclic amines) is 1. The number of rotatable bonds is 4. The lowest BCUT2D eigenvalue weighted by molar-refractivity contribution is -0.164. The van der Waals surface area contributed by atoms with Crippen molar-refractivity contribution < 1.29 is 14.3 Å². The van der Waals surface area contributed by atoms with Crippen LogP contribution in [0, 0.1) is 0 Å².